The van der Waals surface area contributed by atoms with Crippen molar-refractivity contribution in [3.8, 4) is 11.3 Å². The number of aromatic nitrogens is 1. The van der Waals surface area contributed by atoms with Crippen LogP contribution in [0.4, 0.5) is 0 Å². The van der Waals surface area contributed by atoms with Crippen molar-refractivity contribution in [3.63, 3.8) is 0 Å². The largest absolute Gasteiger partial charge is 0.240 e. The van der Waals surface area contributed by atoms with Gasteiger partial charge in [0.15, 0.2) is 0 Å². The van der Waals surface area contributed by atoms with E-state index in [-0.39, 0.29) is 0 Å². The van der Waals surface area contributed by atoms with Gasteiger partial charge in [-0.15, -0.1) is 0 Å². The lowest BCUT2D eigenvalue weighted by molar-refractivity contribution is 1.16. The predicted octanol–water partition coefficient (Wildman–Crippen LogP) is 6.05. The maximum absolute atomic E-state index is 4.93. The van der Waals surface area contributed by atoms with E-state index in [1.165, 1.54) is 15.7 Å². The van der Waals surface area contributed by atoms with E-state index in [4.69, 9.17) is 4.98 Å². The van der Waals surface area contributed by atoms with Gasteiger partial charge in [0.25, 0.3) is 0 Å². The molecule has 0 spiro atoms. The molecule has 1 aromatic heterocycles. The van der Waals surface area contributed by atoms with E-state index in [9.17, 15) is 0 Å². The van der Waals surface area contributed by atoms with Gasteiger partial charge in [-0.05, 0) is 23.6 Å². The molecule has 0 saturated heterocycles. The summed E-state index contributed by atoms with van der Waals surface area (Å²) in [5.41, 5.74) is 2.20. The Labute approximate surface area is 140 Å². The van der Waals surface area contributed by atoms with Crippen LogP contribution in [0.15, 0.2) is 101 Å². The van der Waals surface area contributed by atoms with Gasteiger partial charge in [0.2, 0.25) is 0 Å². The first-order valence-electron chi connectivity index (χ1n) is 7.58. The summed E-state index contributed by atoms with van der Waals surface area (Å²) in [6, 6.07) is 31.4. The summed E-state index contributed by atoms with van der Waals surface area (Å²) < 4.78 is 0. The highest BCUT2D eigenvalue weighted by atomic mass is 32.2. The van der Waals surface area contributed by atoms with Gasteiger partial charge in [0.05, 0.1) is 5.69 Å². The molecule has 0 fully saturated rings. The zero-order valence-corrected chi connectivity index (χ0v) is 13.3. The lowest BCUT2D eigenvalue weighted by Gasteiger charge is -2.09. The van der Waals surface area contributed by atoms with Crippen LogP contribution < -0.4 is 0 Å². The van der Waals surface area contributed by atoms with E-state index < -0.39 is 0 Å². The average molecular weight is 313 g/mol. The van der Waals surface area contributed by atoms with Gasteiger partial charge in [0, 0.05) is 15.8 Å². The first-order chi connectivity index (χ1) is 11.4. The van der Waals surface area contributed by atoms with E-state index in [1.54, 1.807) is 11.8 Å². The molecule has 110 valence electrons. The second-order valence-electron chi connectivity index (χ2n) is 5.31. The molecule has 3 aromatic carbocycles. The maximum Gasteiger partial charge on any atom is 0.102 e. The van der Waals surface area contributed by atoms with Crippen molar-refractivity contribution >= 4 is 22.5 Å². The minimum atomic E-state index is 1.02. The number of pyridine rings is 1. The molecule has 0 N–H and O–H groups in total. The molecule has 0 saturated carbocycles. The summed E-state index contributed by atoms with van der Waals surface area (Å²) in [5.74, 6) is 0. The maximum atomic E-state index is 4.93. The molecule has 1 nitrogen and oxygen atoms in total. The van der Waals surface area contributed by atoms with E-state index in [1.807, 2.05) is 12.1 Å². The molecule has 0 bridgehead atoms. The summed E-state index contributed by atoms with van der Waals surface area (Å²) in [7, 11) is 0. The zero-order valence-electron chi connectivity index (χ0n) is 12.5. The van der Waals surface area contributed by atoms with Gasteiger partial charge in [0.1, 0.15) is 5.03 Å². The smallest absolute Gasteiger partial charge is 0.102 e. The molecule has 1 heterocycles. The number of hydrogen-bond acceptors (Lipinski definition) is 2. The van der Waals surface area contributed by atoms with E-state index in [2.05, 4.69) is 78.9 Å². The number of benzene rings is 3. The van der Waals surface area contributed by atoms with Crippen molar-refractivity contribution in [2.75, 3.05) is 0 Å². The third kappa shape index (κ3) is 2.99. The minimum absolute atomic E-state index is 1.02. The fraction of sp³-hybridized carbons (Fsp3) is 0. The molecule has 4 rings (SSSR count). The van der Waals surface area contributed by atoms with Crippen LogP contribution in [0.2, 0.25) is 0 Å². The Morgan fingerprint density at radius 1 is 0.652 bits per heavy atom. The minimum Gasteiger partial charge on any atom is -0.240 e. The normalized spacial score (nSPS) is 10.8. The highest BCUT2D eigenvalue weighted by molar-refractivity contribution is 7.99. The average Bonchev–Trinajstić information content (AvgIpc) is 2.63. The van der Waals surface area contributed by atoms with Gasteiger partial charge >= 0.3 is 0 Å². The molecular weight excluding hydrogens is 298 g/mol. The van der Waals surface area contributed by atoms with Crippen LogP contribution >= 0.6 is 11.8 Å². The van der Waals surface area contributed by atoms with Gasteiger partial charge < -0.3 is 0 Å². The Bertz CT molecular complexity index is 933. The molecule has 0 aliphatic carbocycles. The summed E-state index contributed by atoms with van der Waals surface area (Å²) in [4.78, 5) is 6.13. The highest BCUT2D eigenvalue weighted by Gasteiger charge is 2.09. The summed E-state index contributed by atoms with van der Waals surface area (Å²) in [6.07, 6.45) is 0. The Hall–Kier alpha value is -2.58. The highest BCUT2D eigenvalue weighted by Crippen LogP contribution is 2.33. The molecule has 0 radical (unpaired) electrons. The van der Waals surface area contributed by atoms with Crippen LogP contribution in [0.1, 0.15) is 0 Å². The van der Waals surface area contributed by atoms with E-state index in [0.717, 1.165) is 16.3 Å². The van der Waals surface area contributed by atoms with Gasteiger partial charge in [-0.25, -0.2) is 4.98 Å². The zero-order chi connectivity index (χ0) is 15.5. The molecule has 4 aromatic rings. The third-order valence-corrected chi connectivity index (χ3v) is 4.66. The molecular formula is C21H15NS. The fourth-order valence-electron chi connectivity index (χ4n) is 2.65. The summed E-state index contributed by atoms with van der Waals surface area (Å²) >= 11 is 1.70. The first kappa shape index (κ1) is 14.0. The number of hydrogen-bond donors (Lipinski definition) is 0. The van der Waals surface area contributed by atoms with Crippen molar-refractivity contribution in [1.29, 1.82) is 0 Å². The second kappa shape index (κ2) is 6.27. The van der Waals surface area contributed by atoms with Crippen molar-refractivity contribution in [3.05, 3.63) is 91.0 Å². The van der Waals surface area contributed by atoms with Crippen LogP contribution in [0.3, 0.4) is 0 Å². The van der Waals surface area contributed by atoms with Crippen molar-refractivity contribution in [1.82, 2.24) is 4.98 Å². The standard InChI is InChI=1S/C21H15NS/c1-3-9-16(10-4-1)21-19-14-8-7-11-17(19)15-20(22-21)23-18-12-5-2-6-13-18/h1-15H. The van der Waals surface area contributed by atoms with Crippen LogP contribution in [0.5, 0.6) is 0 Å². The second-order valence-corrected chi connectivity index (χ2v) is 6.41. The molecule has 0 atom stereocenters. The SMILES string of the molecule is c1ccc(Sc2cc3ccccc3c(-c3ccccc3)n2)cc1. The van der Waals surface area contributed by atoms with E-state index in [0.29, 0.717) is 0 Å². The van der Waals surface area contributed by atoms with Crippen molar-refractivity contribution in [2.24, 2.45) is 0 Å². The van der Waals surface area contributed by atoms with Crippen LogP contribution in [0.25, 0.3) is 22.0 Å². The van der Waals surface area contributed by atoms with Crippen LogP contribution in [0, 0.1) is 0 Å². The Morgan fingerprint density at radius 2 is 1.30 bits per heavy atom. The lowest BCUT2D eigenvalue weighted by Crippen LogP contribution is -1.89. The topological polar surface area (TPSA) is 12.9 Å². The quantitative estimate of drug-likeness (QED) is 0.456. The molecule has 0 aliphatic rings. The molecule has 0 amide bonds. The molecule has 23 heavy (non-hydrogen) atoms. The lowest BCUT2D eigenvalue weighted by atomic mass is 10.0. The van der Waals surface area contributed by atoms with Gasteiger partial charge in [-0.2, -0.15) is 0 Å². The van der Waals surface area contributed by atoms with Crippen molar-refractivity contribution in [2.45, 2.75) is 9.92 Å². The monoisotopic (exact) mass is 313 g/mol. The van der Waals surface area contributed by atoms with Gasteiger partial charge in [-0.3, -0.25) is 0 Å². The van der Waals surface area contributed by atoms with Gasteiger partial charge in [-0.1, -0.05) is 84.6 Å². The number of rotatable bonds is 3. The molecule has 2 heteroatoms. The number of fused-ring (bicyclic) bond motifs is 1. The fourth-order valence-corrected chi connectivity index (χ4v) is 3.51. The third-order valence-electron chi connectivity index (χ3n) is 3.73. The Morgan fingerprint density at radius 3 is 2.09 bits per heavy atom. The summed E-state index contributed by atoms with van der Waals surface area (Å²) in [5, 5.41) is 3.43. The van der Waals surface area contributed by atoms with Crippen molar-refractivity contribution < 1.29 is 0 Å². The molecule has 0 unspecified atom stereocenters. The predicted molar refractivity (Wildman–Crippen MR) is 97.7 cm³/mol. The first-order valence-corrected chi connectivity index (χ1v) is 8.40. The summed E-state index contributed by atoms with van der Waals surface area (Å²) in [6.45, 7) is 0. The van der Waals surface area contributed by atoms with Crippen LogP contribution in [-0.2, 0) is 0 Å². The Balaban J connectivity index is 1.87. The molecule has 0 aliphatic heterocycles. The Kier molecular flexibility index (Phi) is 3.83. The van der Waals surface area contributed by atoms with E-state index >= 15 is 0 Å². The van der Waals surface area contributed by atoms with Crippen LogP contribution in [-0.4, -0.2) is 4.98 Å². The number of nitrogens with zero attached hydrogens (tertiary/aromatic N) is 1.